The smallest absolute Gasteiger partial charge is 0.330 e. The molecule has 2 heterocycles. The molecule has 4 unspecified atom stereocenters. The molecular formula is C29H47NO6. The SMILES string of the molecule is CC[C@H]1OC(=O)/C=C/[C@H](C)[C@@H](OC2OC(C)CC(N(C)C)C2O)[C@@H](C)C[C@@H](C)C(=O)/C=C/C=C/[C@@H]1C. The third-order valence-electron chi connectivity index (χ3n) is 7.44. The lowest BCUT2D eigenvalue weighted by molar-refractivity contribution is -0.277. The van der Waals surface area contributed by atoms with Crippen LogP contribution in [0.25, 0.3) is 0 Å². The van der Waals surface area contributed by atoms with Gasteiger partial charge < -0.3 is 24.2 Å². The van der Waals surface area contributed by atoms with Crippen molar-refractivity contribution in [3.8, 4) is 0 Å². The summed E-state index contributed by atoms with van der Waals surface area (Å²) in [7, 11) is 3.88. The normalized spacial score (nSPS) is 42.1. The first-order valence-corrected chi connectivity index (χ1v) is 13.4. The average molecular weight is 506 g/mol. The zero-order chi connectivity index (χ0) is 27.0. The molecular weight excluding hydrogens is 458 g/mol. The Morgan fingerprint density at radius 3 is 2.33 bits per heavy atom. The Morgan fingerprint density at radius 1 is 1.00 bits per heavy atom. The van der Waals surface area contributed by atoms with Crippen molar-refractivity contribution in [1.82, 2.24) is 4.90 Å². The molecule has 1 fully saturated rings. The number of aliphatic hydroxyl groups excluding tert-OH is 1. The highest BCUT2D eigenvalue weighted by Crippen LogP contribution is 2.31. The molecule has 0 saturated carbocycles. The fraction of sp³-hybridized carbons (Fsp3) is 0.724. The van der Waals surface area contributed by atoms with Crippen molar-refractivity contribution >= 4 is 11.8 Å². The molecule has 0 amide bonds. The number of cyclic esters (lactones) is 1. The largest absolute Gasteiger partial charge is 0.459 e. The van der Waals surface area contributed by atoms with Crippen molar-refractivity contribution in [2.24, 2.45) is 23.7 Å². The summed E-state index contributed by atoms with van der Waals surface area (Å²) in [4.78, 5) is 27.4. The number of allylic oxidation sites excluding steroid dienone is 3. The summed E-state index contributed by atoms with van der Waals surface area (Å²) in [6.07, 6.45) is 10.1. The lowest BCUT2D eigenvalue weighted by Gasteiger charge is -2.43. The molecule has 0 radical (unpaired) electrons. The minimum absolute atomic E-state index is 0.0162. The second-order valence-corrected chi connectivity index (χ2v) is 10.9. The zero-order valence-corrected chi connectivity index (χ0v) is 23.3. The van der Waals surface area contributed by atoms with Crippen LogP contribution in [0.1, 0.15) is 60.8 Å². The number of hydrogen-bond donors (Lipinski definition) is 1. The summed E-state index contributed by atoms with van der Waals surface area (Å²) in [6.45, 7) is 11.9. The molecule has 2 aliphatic heterocycles. The van der Waals surface area contributed by atoms with Crippen molar-refractivity contribution in [2.45, 2.75) is 97.6 Å². The summed E-state index contributed by atoms with van der Waals surface area (Å²) >= 11 is 0. The molecule has 0 aliphatic carbocycles. The van der Waals surface area contributed by atoms with Gasteiger partial charge in [0.25, 0.3) is 0 Å². The Labute approximate surface area is 217 Å². The molecule has 0 aromatic carbocycles. The van der Waals surface area contributed by atoms with Crippen LogP contribution in [0.2, 0.25) is 0 Å². The third kappa shape index (κ3) is 8.65. The molecule has 36 heavy (non-hydrogen) atoms. The van der Waals surface area contributed by atoms with Gasteiger partial charge in [-0.3, -0.25) is 4.79 Å². The van der Waals surface area contributed by atoms with E-state index in [9.17, 15) is 14.7 Å². The molecule has 0 aromatic rings. The summed E-state index contributed by atoms with van der Waals surface area (Å²) in [5.41, 5.74) is 0. The van der Waals surface area contributed by atoms with Gasteiger partial charge in [0.2, 0.25) is 0 Å². The molecule has 7 heteroatoms. The Hall–Kier alpha value is -1.80. The van der Waals surface area contributed by atoms with Crippen LogP contribution in [0.5, 0.6) is 0 Å². The number of aliphatic hydroxyl groups is 1. The number of likely N-dealkylation sites (N-methyl/N-ethyl adjacent to an activating group) is 1. The van der Waals surface area contributed by atoms with Crippen molar-refractivity contribution in [3.05, 3.63) is 36.5 Å². The van der Waals surface area contributed by atoms with Crippen LogP contribution < -0.4 is 0 Å². The zero-order valence-electron chi connectivity index (χ0n) is 23.3. The van der Waals surface area contributed by atoms with Crippen LogP contribution in [0.3, 0.4) is 0 Å². The first kappa shape index (κ1) is 30.4. The van der Waals surface area contributed by atoms with Crippen LogP contribution in [-0.4, -0.2) is 72.6 Å². The summed E-state index contributed by atoms with van der Waals surface area (Å²) < 4.78 is 18.2. The van der Waals surface area contributed by atoms with E-state index >= 15 is 0 Å². The molecule has 2 aliphatic rings. The van der Waals surface area contributed by atoms with Crippen molar-refractivity contribution in [2.75, 3.05) is 14.1 Å². The molecule has 1 saturated heterocycles. The average Bonchev–Trinajstić information content (AvgIpc) is 2.82. The van der Waals surface area contributed by atoms with E-state index in [0.29, 0.717) is 19.3 Å². The predicted octanol–water partition coefficient (Wildman–Crippen LogP) is 4.31. The maximum Gasteiger partial charge on any atom is 0.330 e. The fourth-order valence-corrected chi connectivity index (χ4v) is 5.16. The third-order valence-corrected chi connectivity index (χ3v) is 7.44. The minimum atomic E-state index is -0.814. The van der Waals surface area contributed by atoms with Gasteiger partial charge in [-0.2, -0.15) is 0 Å². The van der Waals surface area contributed by atoms with Gasteiger partial charge in [-0.25, -0.2) is 4.79 Å². The number of hydrogen-bond acceptors (Lipinski definition) is 7. The molecule has 0 aromatic heterocycles. The van der Waals surface area contributed by atoms with Gasteiger partial charge in [0.05, 0.1) is 12.2 Å². The van der Waals surface area contributed by atoms with Crippen LogP contribution >= 0.6 is 0 Å². The Bertz CT molecular complexity index is 806. The number of ether oxygens (including phenoxy) is 3. The van der Waals surface area contributed by atoms with Crippen molar-refractivity contribution < 1.29 is 28.9 Å². The van der Waals surface area contributed by atoms with Gasteiger partial charge >= 0.3 is 5.97 Å². The van der Waals surface area contributed by atoms with Gasteiger partial charge in [-0.1, -0.05) is 58.9 Å². The molecule has 7 nitrogen and oxygen atoms in total. The van der Waals surface area contributed by atoms with Crippen LogP contribution in [-0.2, 0) is 23.8 Å². The van der Waals surface area contributed by atoms with Gasteiger partial charge in [0, 0.05) is 29.9 Å². The van der Waals surface area contributed by atoms with E-state index in [0.717, 1.165) is 0 Å². The number of carbonyl (C=O) groups is 2. The Balaban J connectivity index is 2.33. The van der Waals surface area contributed by atoms with E-state index in [-0.39, 0.29) is 59.8 Å². The molecule has 2 rings (SSSR count). The van der Waals surface area contributed by atoms with E-state index < -0.39 is 12.4 Å². The maximum atomic E-state index is 12.8. The highest BCUT2D eigenvalue weighted by atomic mass is 16.7. The molecule has 204 valence electrons. The molecule has 10 atom stereocenters. The first-order chi connectivity index (χ1) is 16.9. The molecule has 1 N–H and O–H groups in total. The molecule has 0 spiro atoms. The quantitative estimate of drug-likeness (QED) is 0.570. The number of rotatable bonds is 4. The monoisotopic (exact) mass is 505 g/mol. The van der Waals surface area contributed by atoms with Gasteiger partial charge in [0.15, 0.2) is 12.1 Å². The lowest BCUT2D eigenvalue weighted by Crippen LogP contribution is -2.55. The number of esters is 1. The summed E-state index contributed by atoms with van der Waals surface area (Å²) in [5, 5.41) is 11.0. The van der Waals surface area contributed by atoms with Crippen LogP contribution in [0.15, 0.2) is 36.5 Å². The maximum absolute atomic E-state index is 12.8. The van der Waals surface area contributed by atoms with E-state index in [1.807, 2.05) is 72.7 Å². The number of carbonyl (C=O) groups excluding carboxylic acids is 2. The van der Waals surface area contributed by atoms with Gasteiger partial charge in [0.1, 0.15) is 12.2 Å². The van der Waals surface area contributed by atoms with E-state index in [1.54, 1.807) is 18.2 Å². The molecule has 0 bridgehead atoms. The Kier molecular flexibility index (Phi) is 12.0. The van der Waals surface area contributed by atoms with Crippen LogP contribution in [0, 0.1) is 23.7 Å². The highest BCUT2D eigenvalue weighted by Gasteiger charge is 2.40. The first-order valence-electron chi connectivity index (χ1n) is 13.4. The second-order valence-electron chi connectivity index (χ2n) is 10.9. The van der Waals surface area contributed by atoms with E-state index in [2.05, 4.69) is 0 Å². The minimum Gasteiger partial charge on any atom is -0.459 e. The Morgan fingerprint density at radius 2 is 1.69 bits per heavy atom. The number of ketones is 1. The second kappa shape index (κ2) is 14.2. The van der Waals surface area contributed by atoms with E-state index in [1.165, 1.54) is 6.08 Å². The topological polar surface area (TPSA) is 85.3 Å². The van der Waals surface area contributed by atoms with Crippen LogP contribution in [0.4, 0.5) is 0 Å². The van der Waals surface area contributed by atoms with E-state index in [4.69, 9.17) is 14.2 Å². The van der Waals surface area contributed by atoms with Crippen molar-refractivity contribution in [3.63, 3.8) is 0 Å². The highest BCUT2D eigenvalue weighted by molar-refractivity contribution is 5.91. The van der Waals surface area contributed by atoms with Gasteiger partial charge in [-0.15, -0.1) is 0 Å². The standard InChI is InChI=1S/C29H47NO6/c1-9-25-18(2)12-10-11-13-24(31)20(4)16-21(5)28(19(3)14-15-26(32)35-25)36-29-27(33)23(30(7)8)17-22(6)34-29/h10-15,18-23,25,27-29,33H,9,16-17H2,1-8H3/b12-10+,13-11+,15-14+/t18-,19-,20+,21-,22?,23?,25+,27?,28+,29?/m0/s1. The predicted molar refractivity (Wildman–Crippen MR) is 141 cm³/mol. The summed E-state index contributed by atoms with van der Waals surface area (Å²) in [6, 6.07) is -0.0901. The van der Waals surface area contributed by atoms with Gasteiger partial charge in [-0.05, 0) is 52.3 Å². The van der Waals surface area contributed by atoms with Crippen molar-refractivity contribution in [1.29, 1.82) is 0 Å². The number of nitrogens with zero attached hydrogens (tertiary/aromatic N) is 1. The lowest BCUT2D eigenvalue weighted by atomic mass is 9.84. The summed E-state index contributed by atoms with van der Waals surface area (Å²) in [5.74, 6) is -0.727. The fourth-order valence-electron chi connectivity index (χ4n) is 5.16.